The molecule has 37 heavy (non-hydrogen) atoms. The molecule has 1 amide bonds. The molecule has 2 aliphatic carbocycles. The zero-order valence-electron chi connectivity index (χ0n) is 20.1. The van der Waals surface area contributed by atoms with Gasteiger partial charge in [-0.1, -0.05) is 29.8 Å². The minimum atomic E-state index is -4.76. The van der Waals surface area contributed by atoms with E-state index in [1.54, 1.807) is 12.1 Å². The number of rotatable bonds is 7. The van der Waals surface area contributed by atoms with Crippen molar-refractivity contribution in [1.29, 1.82) is 0 Å². The highest BCUT2D eigenvalue weighted by molar-refractivity contribution is 7.91. The fourth-order valence-corrected chi connectivity index (χ4v) is 7.00. The highest BCUT2D eigenvalue weighted by Crippen LogP contribution is 2.44. The number of carbonyl (C=O) groups excluding carboxylic acids is 1. The Labute approximate surface area is 217 Å². The molecule has 0 saturated heterocycles. The third kappa shape index (κ3) is 6.28. The summed E-state index contributed by atoms with van der Waals surface area (Å²) in [5.41, 5.74) is -0.985. The van der Waals surface area contributed by atoms with Crippen LogP contribution in [-0.4, -0.2) is 37.9 Å². The lowest BCUT2D eigenvalue weighted by atomic mass is 9.79. The Morgan fingerprint density at radius 1 is 1.05 bits per heavy atom. The average Bonchev–Trinajstić information content (AvgIpc) is 3.63. The Hall–Kier alpha value is -2.20. The third-order valence-corrected chi connectivity index (χ3v) is 9.52. The summed E-state index contributed by atoms with van der Waals surface area (Å²) in [7, 11) is -2.09. The van der Waals surface area contributed by atoms with Gasteiger partial charge in [-0.15, -0.1) is 0 Å². The molecule has 0 heterocycles. The average molecular weight is 564 g/mol. The minimum Gasteiger partial charge on any atom is -0.334 e. The lowest BCUT2D eigenvalue weighted by molar-refractivity contribution is -0.137. The number of nitrogens with zero attached hydrogens (tertiary/aromatic N) is 1. The van der Waals surface area contributed by atoms with E-state index in [2.05, 4.69) is 0 Å². The fraction of sp³-hybridized carbons (Fsp3) is 0.500. The van der Waals surface area contributed by atoms with Gasteiger partial charge in [-0.2, -0.15) is 13.2 Å². The first-order chi connectivity index (χ1) is 17.2. The van der Waals surface area contributed by atoms with Crippen LogP contribution in [0.15, 0.2) is 47.4 Å². The summed E-state index contributed by atoms with van der Waals surface area (Å²) < 4.78 is 93.2. The lowest BCUT2D eigenvalue weighted by Crippen LogP contribution is -2.38. The number of hydrogen-bond acceptors (Lipinski definition) is 3. The van der Waals surface area contributed by atoms with Crippen molar-refractivity contribution in [1.82, 2.24) is 4.90 Å². The normalized spacial score (nSPS) is 19.4. The first-order valence-electron chi connectivity index (χ1n) is 12.0. The second-order valence-corrected chi connectivity index (χ2v) is 12.4. The molecule has 1 unspecified atom stereocenters. The van der Waals surface area contributed by atoms with Gasteiger partial charge in [0.1, 0.15) is 0 Å². The molecule has 2 aromatic carbocycles. The number of carbonyl (C=O) groups is 1. The summed E-state index contributed by atoms with van der Waals surface area (Å²) >= 11 is 5.99. The molecule has 0 N–H and O–H groups in total. The SMILES string of the molecule is CN(C(=O)c1cccc(C(F)(F)F)c1Cl)C(c1ccc(S(=O)(=O)CC2CC2)cc1)C1CCC(F)(F)CC1. The van der Waals surface area contributed by atoms with Crippen molar-refractivity contribution in [2.24, 2.45) is 11.8 Å². The molecular formula is C26H27ClF5NO3S. The van der Waals surface area contributed by atoms with E-state index in [0.29, 0.717) is 5.56 Å². The van der Waals surface area contributed by atoms with Crippen molar-refractivity contribution in [2.75, 3.05) is 12.8 Å². The summed E-state index contributed by atoms with van der Waals surface area (Å²) in [5, 5.41) is -0.734. The summed E-state index contributed by atoms with van der Waals surface area (Å²) in [4.78, 5) is 14.8. The topological polar surface area (TPSA) is 54.5 Å². The Balaban J connectivity index is 1.67. The number of benzene rings is 2. The van der Waals surface area contributed by atoms with Crippen molar-refractivity contribution >= 4 is 27.3 Å². The van der Waals surface area contributed by atoms with Gasteiger partial charge in [-0.05, 0) is 67.3 Å². The van der Waals surface area contributed by atoms with Crippen LogP contribution in [0.1, 0.15) is 66.1 Å². The van der Waals surface area contributed by atoms with E-state index in [1.807, 2.05) is 0 Å². The third-order valence-electron chi connectivity index (χ3n) is 7.21. The van der Waals surface area contributed by atoms with E-state index in [-0.39, 0.29) is 47.8 Å². The van der Waals surface area contributed by atoms with Crippen LogP contribution in [0.5, 0.6) is 0 Å². The first kappa shape index (κ1) is 27.8. The summed E-state index contributed by atoms with van der Waals surface area (Å²) in [6, 6.07) is 8.26. The number of alkyl halides is 5. The highest BCUT2D eigenvalue weighted by atomic mass is 35.5. The van der Waals surface area contributed by atoms with Gasteiger partial charge in [0.05, 0.1) is 32.8 Å². The molecule has 1 atom stereocenters. The molecule has 2 aromatic rings. The fourth-order valence-electron chi connectivity index (χ4n) is 4.99. The number of hydrogen-bond donors (Lipinski definition) is 0. The lowest BCUT2D eigenvalue weighted by Gasteiger charge is -2.39. The molecule has 0 aliphatic heterocycles. The van der Waals surface area contributed by atoms with Crippen LogP contribution in [0.4, 0.5) is 22.0 Å². The van der Waals surface area contributed by atoms with Gasteiger partial charge in [-0.3, -0.25) is 4.79 Å². The van der Waals surface area contributed by atoms with E-state index in [4.69, 9.17) is 11.6 Å². The molecule has 0 bridgehead atoms. The Kier molecular flexibility index (Phi) is 7.65. The van der Waals surface area contributed by atoms with Gasteiger partial charge in [0.15, 0.2) is 9.84 Å². The van der Waals surface area contributed by atoms with Gasteiger partial charge in [0, 0.05) is 19.9 Å². The highest BCUT2D eigenvalue weighted by Gasteiger charge is 2.41. The van der Waals surface area contributed by atoms with Crippen molar-refractivity contribution in [3.63, 3.8) is 0 Å². The smallest absolute Gasteiger partial charge is 0.334 e. The molecule has 0 spiro atoms. The summed E-state index contributed by atoms with van der Waals surface area (Å²) in [6.45, 7) is 0. The largest absolute Gasteiger partial charge is 0.417 e. The van der Waals surface area contributed by atoms with E-state index in [0.717, 1.165) is 25.0 Å². The first-order valence-corrected chi connectivity index (χ1v) is 14.1. The van der Waals surface area contributed by atoms with Crippen LogP contribution in [0.25, 0.3) is 0 Å². The van der Waals surface area contributed by atoms with Crippen molar-refractivity contribution in [3.8, 4) is 0 Å². The zero-order valence-corrected chi connectivity index (χ0v) is 21.6. The van der Waals surface area contributed by atoms with Gasteiger partial charge < -0.3 is 4.90 Å². The monoisotopic (exact) mass is 563 g/mol. The molecule has 202 valence electrons. The molecule has 4 nitrogen and oxygen atoms in total. The molecule has 4 rings (SSSR count). The second kappa shape index (κ2) is 10.2. The molecule has 0 radical (unpaired) electrons. The maximum Gasteiger partial charge on any atom is 0.417 e. The molecule has 2 aliphatic rings. The van der Waals surface area contributed by atoms with Crippen LogP contribution in [0.3, 0.4) is 0 Å². The van der Waals surface area contributed by atoms with Crippen molar-refractivity contribution < 1.29 is 35.2 Å². The Bertz CT molecular complexity index is 1250. The maximum atomic E-state index is 13.9. The van der Waals surface area contributed by atoms with Crippen molar-refractivity contribution in [3.05, 3.63) is 64.2 Å². The zero-order chi connectivity index (χ0) is 27.2. The number of amides is 1. The van der Waals surface area contributed by atoms with Crippen LogP contribution >= 0.6 is 11.6 Å². The van der Waals surface area contributed by atoms with Crippen LogP contribution in [0, 0.1) is 11.8 Å². The van der Waals surface area contributed by atoms with Gasteiger partial charge >= 0.3 is 6.18 Å². The van der Waals surface area contributed by atoms with E-state index < -0.39 is 50.4 Å². The van der Waals surface area contributed by atoms with Gasteiger partial charge in [0.25, 0.3) is 5.91 Å². The minimum absolute atomic E-state index is 0.0555. The molecule has 0 aromatic heterocycles. The quantitative estimate of drug-likeness (QED) is 0.335. The summed E-state index contributed by atoms with van der Waals surface area (Å²) in [6.07, 6.45) is -3.60. The maximum absolute atomic E-state index is 13.9. The molecule has 2 fully saturated rings. The molecule has 2 saturated carbocycles. The van der Waals surface area contributed by atoms with Crippen LogP contribution in [-0.2, 0) is 16.0 Å². The predicted molar refractivity (Wildman–Crippen MR) is 129 cm³/mol. The van der Waals surface area contributed by atoms with Gasteiger partial charge in [-0.25, -0.2) is 17.2 Å². The Morgan fingerprint density at radius 3 is 2.19 bits per heavy atom. The van der Waals surface area contributed by atoms with E-state index in [9.17, 15) is 35.2 Å². The number of sulfone groups is 1. The predicted octanol–water partition coefficient (Wildman–Crippen LogP) is 7.18. The Morgan fingerprint density at radius 2 is 1.65 bits per heavy atom. The van der Waals surface area contributed by atoms with Crippen LogP contribution in [0.2, 0.25) is 5.02 Å². The molecular weight excluding hydrogens is 537 g/mol. The summed E-state index contributed by atoms with van der Waals surface area (Å²) in [5.74, 6) is -3.81. The van der Waals surface area contributed by atoms with Crippen LogP contribution < -0.4 is 0 Å². The van der Waals surface area contributed by atoms with Gasteiger partial charge in [0.2, 0.25) is 5.92 Å². The standard InChI is InChI=1S/C26H27ClF5NO3S/c1-33(24(34)20-3-2-4-21(22(20)27)26(30,31)32)23(18-11-13-25(28,29)14-12-18)17-7-9-19(10-8-17)37(35,36)15-16-5-6-16/h2-4,7-10,16,18,23H,5-6,11-15H2,1H3. The molecule has 11 heteroatoms. The number of halogens is 6. The van der Waals surface area contributed by atoms with Crippen molar-refractivity contribution in [2.45, 2.75) is 61.6 Å². The second-order valence-electron chi connectivity index (χ2n) is 10.0. The van der Waals surface area contributed by atoms with E-state index >= 15 is 0 Å². The van der Waals surface area contributed by atoms with E-state index in [1.165, 1.54) is 30.1 Å².